The third-order valence-electron chi connectivity index (χ3n) is 2.15. The molecule has 1 aromatic heterocycles. The van der Waals surface area contributed by atoms with Crippen molar-refractivity contribution in [1.82, 2.24) is 10.9 Å². The lowest BCUT2D eigenvalue weighted by Gasteiger charge is -2.11. The van der Waals surface area contributed by atoms with E-state index in [4.69, 9.17) is 39.8 Å². The van der Waals surface area contributed by atoms with Crippen molar-refractivity contribution in [2.45, 2.75) is 0 Å². The van der Waals surface area contributed by atoms with Crippen molar-refractivity contribution in [2.75, 3.05) is 5.32 Å². The fourth-order valence-corrected chi connectivity index (χ4v) is 2.07. The first-order chi connectivity index (χ1) is 9.54. The Morgan fingerprint density at radius 2 is 1.85 bits per heavy atom. The minimum atomic E-state index is -0.441. The zero-order valence-electron chi connectivity index (χ0n) is 9.94. The van der Waals surface area contributed by atoms with Crippen molar-refractivity contribution >= 4 is 52.1 Å². The highest BCUT2D eigenvalue weighted by Crippen LogP contribution is 2.22. The Hall–Kier alpha value is -1.76. The van der Waals surface area contributed by atoms with E-state index in [0.717, 1.165) is 0 Å². The van der Waals surface area contributed by atoms with E-state index in [1.165, 1.54) is 12.3 Å². The maximum absolute atomic E-state index is 11.6. The van der Waals surface area contributed by atoms with Crippen LogP contribution < -0.4 is 16.2 Å². The Balaban J connectivity index is 1.88. The summed E-state index contributed by atoms with van der Waals surface area (Å²) in [6.07, 6.45) is 1.40. The van der Waals surface area contributed by atoms with Gasteiger partial charge in [0.2, 0.25) is 0 Å². The molecule has 0 aliphatic heterocycles. The number of carbonyl (C=O) groups is 1. The molecule has 1 amide bonds. The number of thiocarbonyl (C=S) groups is 1. The molecule has 20 heavy (non-hydrogen) atoms. The van der Waals surface area contributed by atoms with Crippen LogP contribution in [0.5, 0.6) is 0 Å². The molecule has 0 radical (unpaired) electrons. The van der Waals surface area contributed by atoms with Gasteiger partial charge in [0, 0.05) is 15.7 Å². The Labute approximate surface area is 130 Å². The zero-order chi connectivity index (χ0) is 14.5. The van der Waals surface area contributed by atoms with Crippen molar-refractivity contribution in [3.63, 3.8) is 0 Å². The van der Waals surface area contributed by atoms with E-state index in [1.54, 1.807) is 24.3 Å². The number of rotatable bonds is 2. The monoisotopic (exact) mass is 329 g/mol. The predicted octanol–water partition coefficient (Wildman–Crippen LogP) is 3.22. The molecule has 0 saturated heterocycles. The molecule has 104 valence electrons. The first-order valence-corrected chi connectivity index (χ1v) is 6.58. The van der Waals surface area contributed by atoms with Crippen LogP contribution in [0.4, 0.5) is 5.69 Å². The van der Waals surface area contributed by atoms with Gasteiger partial charge in [-0.05, 0) is 42.5 Å². The lowest BCUT2D eigenvalue weighted by molar-refractivity contribution is 0.0916. The van der Waals surface area contributed by atoms with E-state index in [2.05, 4.69) is 16.2 Å². The van der Waals surface area contributed by atoms with Gasteiger partial charge in [0.25, 0.3) is 0 Å². The van der Waals surface area contributed by atoms with E-state index >= 15 is 0 Å². The Morgan fingerprint density at radius 3 is 2.45 bits per heavy atom. The summed E-state index contributed by atoms with van der Waals surface area (Å²) in [5, 5.41) is 3.96. The first-order valence-electron chi connectivity index (χ1n) is 5.41. The highest BCUT2D eigenvalue weighted by atomic mass is 35.5. The van der Waals surface area contributed by atoms with E-state index in [1.807, 2.05) is 0 Å². The molecule has 0 fully saturated rings. The number of hydrogen-bond donors (Lipinski definition) is 3. The fraction of sp³-hybridized carbons (Fsp3) is 0. The number of halogens is 2. The Bertz CT molecular complexity index is 611. The van der Waals surface area contributed by atoms with Gasteiger partial charge >= 0.3 is 5.91 Å². The maximum Gasteiger partial charge on any atom is 0.305 e. The topological polar surface area (TPSA) is 66.3 Å². The lowest BCUT2D eigenvalue weighted by Crippen LogP contribution is -2.43. The molecule has 0 atom stereocenters. The van der Waals surface area contributed by atoms with Crippen LogP contribution in [-0.4, -0.2) is 11.0 Å². The number of amides is 1. The van der Waals surface area contributed by atoms with Crippen molar-refractivity contribution in [2.24, 2.45) is 0 Å². The first kappa shape index (κ1) is 14.6. The van der Waals surface area contributed by atoms with Crippen molar-refractivity contribution in [1.29, 1.82) is 0 Å². The van der Waals surface area contributed by atoms with Gasteiger partial charge in [-0.1, -0.05) is 23.2 Å². The second-order valence-corrected chi connectivity index (χ2v) is 4.95. The molecule has 1 heterocycles. The van der Waals surface area contributed by atoms with Gasteiger partial charge in [0.15, 0.2) is 10.9 Å². The summed E-state index contributed by atoms with van der Waals surface area (Å²) in [4.78, 5) is 11.6. The van der Waals surface area contributed by atoms with Gasteiger partial charge in [0.1, 0.15) is 0 Å². The van der Waals surface area contributed by atoms with Crippen LogP contribution in [0.1, 0.15) is 10.6 Å². The molecular formula is C12H9Cl2N3O2S. The smallest absolute Gasteiger partial charge is 0.305 e. The molecule has 8 heteroatoms. The normalized spacial score (nSPS) is 9.90. The molecule has 0 aliphatic carbocycles. The second-order valence-electron chi connectivity index (χ2n) is 3.67. The van der Waals surface area contributed by atoms with Crippen molar-refractivity contribution in [3.8, 4) is 0 Å². The zero-order valence-corrected chi connectivity index (χ0v) is 12.3. The quantitative estimate of drug-likeness (QED) is 0.583. The molecule has 1 aromatic carbocycles. The van der Waals surface area contributed by atoms with Crippen LogP contribution in [0.2, 0.25) is 10.0 Å². The van der Waals surface area contributed by atoms with Crippen molar-refractivity contribution < 1.29 is 9.21 Å². The van der Waals surface area contributed by atoms with E-state index in [-0.39, 0.29) is 10.9 Å². The number of nitrogens with one attached hydrogen (secondary N) is 3. The summed E-state index contributed by atoms with van der Waals surface area (Å²) in [6, 6.07) is 8.04. The molecule has 2 rings (SSSR count). The molecule has 3 N–H and O–H groups in total. The second kappa shape index (κ2) is 6.60. The molecule has 5 nitrogen and oxygen atoms in total. The summed E-state index contributed by atoms with van der Waals surface area (Å²) < 4.78 is 4.93. The number of benzene rings is 1. The van der Waals surface area contributed by atoms with Crippen LogP contribution in [0.25, 0.3) is 0 Å². The molecule has 0 spiro atoms. The molecule has 0 aliphatic rings. The number of furan rings is 1. The number of carbonyl (C=O) groups excluding carboxylic acids is 1. The summed E-state index contributed by atoms with van der Waals surface area (Å²) in [7, 11) is 0. The van der Waals surface area contributed by atoms with E-state index in [9.17, 15) is 4.79 Å². The summed E-state index contributed by atoms with van der Waals surface area (Å²) in [5.41, 5.74) is 5.52. The lowest BCUT2D eigenvalue weighted by atomic mass is 10.3. The minimum Gasteiger partial charge on any atom is -0.459 e. The Morgan fingerprint density at radius 1 is 1.15 bits per heavy atom. The maximum atomic E-state index is 11.6. The van der Waals surface area contributed by atoms with Crippen LogP contribution in [0.3, 0.4) is 0 Å². The number of hydrogen-bond acceptors (Lipinski definition) is 3. The fourth-order valence-electron chi connectivity index (χ4n) is 1.37. The largest absolute Gasteiger partial charge is 0.459 e. The molecular weight excluding hydrogens is 321 g/mol. The summed E-state index contributed by atoms with van der Waals surface area (Å²) in [5.74, 6) is -0.269. The van der Waals surface area contributed by atoms with Gasteiger partial charge in [-0.2, -0.15) is 0 Å². The van der Waals surface area contributed by atoms with Crippen LogP contribution in [-0.2, 0) is 0 Å². The third kappa shape index (κ3) is 4.12. The van der Waals surface area contributed by atoms with Gasteiger partial charge in [-0.15, -0.1) is 0 Å². The molecule has 0 saturated carbocycles. The van der Waals surface area contributed by atoms with Crippen LogP contribution >= 0.6 is 35.4 Å². The standard InChI is InChI=1S/C12H9Cl2N3O2S/c13-7-4-8(14)6-9(5-7)15-12(20)17-16-11(18)10-2-1-3-19-10/h1-6H,(H,16,18)(H2,15,17,20). The molecule has 0 bridgehead atoms. The van der Waals surface area contributed by atoms with Gasteiger partial charge in [-0.3, -0.25) is 15.6 Å². The average molecular weight is 330 g/mol. The van der Waals surface area contributed by atoms with Gasteiger partial charge in [0.05, 0.1) is 6.26 Å². The molecule has 0 unspecified atom stereocenters. The minimum absolute atomic E-state index is 0.172. The third-order valence-corrected chi connectivity index (χ3v) is 2.80. The molecule has 2 aromatic rings. The van der Waals surface area contributed by atoms with E-state index in [0.29, 0.717) is 15.7 Å². The van der Waals surface area contributed by atoms with Crippen molar-refractivity contribution in [3.05, 3.63) is 52.4 Å². The highest BCUT2D eigenvalue weighted by molar-refractivity contribution is 7.80. The average Bonchev–Trinajstić information content (AvgIpc) is 2.88. The summed E-state index contributed by atoms with van der Waals surface area (Å²) in [6.45, 7) is 0. The number of hydrazine groups is 1. The van der Waals surface area contributed by atoms with E-state index < -0.39 is 5.91 Å². The Kier molecular flexibility index (Phi) is 4.84. The van der Waals surface area contributed by atoms with Gasteiger partial charge in [-0.25, -0.2) is 0 Å². The van der Waals surface area contributed by atoms with Crippen LogP contribution in [0, 0.1) is 0 Å². The SMILES string of the molecule is O=C(NNC(=S)Nc1cc(Cl)cc(Cl)c1)c1ccco1. The predicted molar refractivity (Wildman–Crippen MR) is 82.0 cm³/mol. The highest BCUT2D eigenvalue weighted by Gasteiger charge is 2.08. The summed E-state index contributed by atoms with van der Waals surface area (Å²) >= 11 is 16.7. The van der Waals surface area contributed by atoms with Crippen LogP contribution in [0.15, 0.2) is 41.0 Å². The van der Waals surface area contributed by atoms with Gasteiger partial charge < -0.3 is 9.73 Å². The number of anilines is 1.